The van der Waals surface area contributed by atoms with Crippen LogP contribution >= 0.6 is 0 Å². The maximum Gasteiger partial charge on any atom is 0.359 e. The summed E-state index contributed by atoms with van der Waals surface area (Å²) in [5, 5.41) is 17.8. The average molecular weight is 731 g/mol. The number of carbonyl (C=O) groups is 2. The number of ether oxygens (including phenoxy) is 5. The van der Waals surface area contributed by atoms with Crippen molar-refractivity contribution in [1.29, 1.82) is 0 Å². The van der Waals surface area contributed by atoms with Crippen LogP contribution in [0.2, 0.25) is 0 Å². The fraction of sp³-hybridized carbons (Fsp3) is 0.500. The number of halogens is 10. The molecule has 0 atom stereocenters. The van der Waals surface area contributed by atoms with E-state index in [1.54, 1.807) is 0 Å². The Hall–Kier alpha value is -4.40. The zero-order chi connectivity index (χ0) is 37.5. The maximum absolute atomic E-state index is 15.1. The van der Waals surface area contributed by atoms with Gasteiger partial charge < -0.3 is 42.9 Å². The van der Waals surface area contributed by atoms with Gasteiger partial charge in [-0.2, -0.15) is 39.5 Å². The van der Waals surface area contributed by atoms with E-state index in [4.69, 9.17) is 19.7 Å². The largest absolute Gasteiger partial charge is 0.481 e. The van der Waals surface area contributed by atoms with E-state index in [2.05, 4.69) is 14.2 Å². The molecule has 0 aromatic heterocycles. The van der Waals surface area contributed by atoms with Gasteiger partial charge in [0.25, 0.3) is 0 Å². The Balaban J connectivity index is 2.22. The summed E-state index contributed by atoms with van der Waals surface area (Å²) in [4.78, 5) is 21.8. The number of carboxylic acid groups (broad SMARTS) is 2. The summed E-state index contributed by atoms with van der Waals surface area (Å²) in [6.45, 7) is -8.57. The quantitative estimate of drug-likeness (QED) is 0.118. The molecule has 21 heteroatoms. The third-order valence-corrected chi connectivity index (χ3v) is 6.45. The summed E-state index contributed by atoms with van der Waals surface area (Å²) in [5.74, 6) is -30.5. The molecule has 2 N–H and O–H groups in total. The summed E-state index contributed by atoms with van der Waals surface area (Å²) in [5.41, 5.74) is 0. The van der Waals surface area contributed by atoms with E-state index in [0.29, 0.717) is 0 Å². The van der Waals surface area contributed by atoms with Crippen LogP contribution in [0.1, 0.15) is 0 Å². The highest BCUT2D eigenvalue weighted by Gasteiger charge is 2.37. The van der Waals surface area contributed by atoms with Crippen LogP contribution in [0.5, 0.6) is 28.7 Å². The molecule has 2 aromatic carbocycles. The summed E-state index contributed by atoms with van der Waals surface area (Å²) in [6.07, 6.45) is 0. The van der Waals surface area contributed by atoms with Crippen molar-refractivity contribution < 1.29 is 96.4 Å². The molecule has 0 saturated heterocycles. The van der Waals surface area contributed by atoms with Gasteiger partial charge in [0.1, 0.15) is 26.3 Å². The predicted octanol–water partition coefficient (Wildman–Crippen LogP) is 4.14. The standard InChI is InChI=1S/C28H30F10N2O9/c1-39(2,9-14(41)42)5-7-45-23-16(30)18(32)24(19(33)17(23)31)47-11-28(37,38)12-48-25-20(34)21(35)26(49-13-29)27(22(25)36)46-8-6-40(3,4)10-15(43)44/h5-13H2,1-4H3/p+2. The zero-order valence-corrected chi connectivity index (χ0v) is 26.3. The first kappa shape index (κ1) is 40.8. The van der Waals surface area contributed by atoms with Gasteiger partial charge in [0.05, 0.1) is 28.2 Å². The van der Waals surface area contributed by atoms with Crippen LogP contribution in [0, 0.1) is 40.7 Å². The van der Waals surface area contributed by atoms with Crippen molar-refractivity contribution in [2.75, 3.05) is 87.7 Å². The fourth-order valence-electron chi connectivity index (χ4n) is 3.96. The number of carboxylic acids is 2. The van der Waals surface area contributed by atoms with E-state index in [0.717, 1.165) is 0 Å². The van der Waals surface area contributed by atoms with Crippen LogP contribution in [0.25, 0.3) is 0 Å². The molecule has 0 saturated carbocycles. The number of benzene rings is 2. The van der Waals surface area contributed by atoms with E-state index < -0.39 is 134 Å². The predicted molar refractivity (Wildman–Crippen MR) is 145 cm³/mol. The Bertz CT molecular complexity index is 1500. The van der Waals surface area contributed by atoms with Crippen LogP contribution in [-0.4, -0.2) is 125 Å². The molecule has 2 rings (SSSR count). The molecule has 0 unspecified atom stereocenters. The summed E-state index contributed by atoms with van der Waals surface area (Å²) in [6, 6.07) is 0. The minimum Gasteiger partial charge on any atom is -0.481 e. The molecule has 0 fully saturated rings. The van der Waals surface area contributed by atoms with Crippen LogP contribution in [0.3, 0.4) is 0 Å². The van der Waals surface area contributed by atoms with Crippen molar-refractivity contribution in [2.24, 2.45) is 0 Å². The normalized spacial score (nSPS) is 12.1. The summed E-state index contributed by atoms with van der Waals surface area (Å²) >= 11 is 0. The van der Waals surface area contributed by atoms with E-state index in [1.165, 1.54) is 28.2 Å². The van der Waals surface area contributed by atoms with Crippen LogP contribution < -0.4 is 23.7 Å². The second kappa shape index (κ2) is 16.3. The SMILES string of the molecule is C[N+](C)(CCOc1c(F)c(F)c(OCC(F)(F)COc2c(F)c(F)c(OCF)c(OCC[N+](C)(C)CC(=O)O)c2F)c(F)c1F)CC(=O)O. The molecule has 0 bridgehead atoms. The maximum atomic E-state index is 15.1. The molecule has 0 amide bonds. The van der Waals surface area contributed by atoms with Crippen molar-refractivity contribution >= 4 is 11.9 Å². The lowest BCUT2D eigenvalue weighted by molar-refractivity contribution is -0.883. The topological polar surface area (TPSA) is 121 Å². The number of hydrogen-bond acceptors (Lipinski definition) is 7. The Morgan fingerprint density at radius 3 is 1.22 bits per heavy atom. The second-order valence-corrected chi connectivity index (χ2v) is 11.6. The smallest absolute Gasteiger partial charge is 0.359 e. The van der Waals surface area contributed by atoms with Crippen molar-refractivity contribution in [3.63, 3.8) is 0 Å². The Morgan fingerprint density at radius 2 is 0.857 bits per heavy atom. The first-order valence-electron chi connectivity index (χ1n) is 13.8. The molecular formula is C28H32F10N2O9+2. The van der Waals surface area contributed by atoms with Gasteiger partial charge in [0.2, 0.25) is 59.1 Å². The molecule has 49 heavy (non-hydrogen) atoms. The van der Waals surface area contributed by atoms with Crippen molar-refractivity contribution in [3.05, 3.63) is 40.7 Å². The number of rotatable bonds is 20. The average Bonchev–Trinajstić information content (AvgIpc) is 2.96. The highest BCUT2D eigenvalue weighted by molar-refractivity contribution is 5.68. The molecule has 2 aromatic rings. The van der Waals surface area contributed by atoms with Gasteiger partial charge in [-0.15, -0.1) is 0 Å². The van der Waals surface area contributed by atoms with E-state index in [1.807, 2.05) is 0 Å². The molecule has 0 spiro atoms. The molecule has 0 radical (unpaired) electrons. The Labute approximate surface area is 271 Å². The highest BCUT2D eigenvalue weighted by atomic mass is 19.3. The van der Waals surface area contributed by atoms with Crippen molar-refractivity contribution in [2.45, 2.75) is 5.92 Å². The molecular weight excluding hydrogens is 698 g/mol. The molecule has 11 nitrogen and oxygen atoms in total. The third-order valence-electron chi connectivity index (χ3n) is 6.45. The van der Waals surface area contributed by atoms with Crippen LogP contribution in [0.4, 0.5) is 43.9 Å². The van der Waals surface area contributed by atoms with E-state index in [-0.39, 0.29) is 22.1 Å². The number of hydrogen-bond donors (Lipinski definition) is 2. The molecule has 276 valence electrons. The van der Waals surface area contributed by atoms with Crippen molar-refractivity contribution in [3.8, 4) is 28.7 Å². The van der Waals surface area contributed by atoms with Gasteiger partial charge in [-0.3, -0.25) is 0 Å². The van der Waals surface area contributed by atoms with Gasteiger partial charge in [-0.25, -0.2) is 14.0 Å². The molecule has 0 aliphatic heterocycles. The van der Waals surface area contributed by atoms with E-state index in [9.17, 15) is 49.1 Å². The van der Waals surface area contributed by atoms with Crippen molar-refractivity contribution in [1.82, 2.24) is 0 Å². The lowest BCUT2D eigenvalue weighted by Crippen LogP contribution is -2.46. The van der Waals surface area contributed by atoms with E-state index >= 15 is 4.39 Å². The minimum atomic E-state index is -4.45. The van der Waals surface area contributed by atoms with Crippen LogP contribution in [-0.2, 0) is 9.59 Å². The molecule has 0 aliphatic carbocycles. The van der Waals surface area contributed by atoms with Gasteiger partial charge in [-0.1, -0.05) is 0 Å². The third kappa shape index (κ3) is 11.1. The second-order valence-electron chi connectivity index (χ2n) is 11.6. The fourth-order valence-corrected chi connectivity index (χ4v) is 3.96. The Kier molecular flexibility index (Phi) is 13.6. The number of alkyl halides is 3. The molecule has 0 heterocycles. The van der Waals surface area contributed by atoms with Gasteiger partial charge in [0.15, 0.2) is 43.6 Å². The van der Waals surface area contributed by atoms with Crippen LogP contribution in [0.15, 0.2) is 0 Å². The monoisotopic (exact) mass is 730 g/mol. The number of nitrogens with zero attached hydrogens (tertiary/aromatic N) is 2. The summed E-state index contributed by atoms with van der Waals surface area (Å²) in [7, 11) is 5.63. The Morgan fingerprint density at radius 1 is 0.551 bits per heavy atom. The highest BCUT2D eigenvalue weighted by Crippen LogP contribution is 2.42. The number of aliphatic carboxylic acids is 2. The lowest BCUT2D eigenvalue weighted by Gasteiger charge is -2.27. The first-order valence-corrected chi connectivity index (χ1v) is 13.8. The number of quaternary nitrogens is 2. The zero-order valence-electron chi connectivity index (χ0n) is 26.3. The van der Waals surface area contributed by atoms with Gasteiger partial charge in [0, 0.05) is 0 Å². The van der Waals surface area contributed by atoms with Gasteiger partial charge >= 0.3 is 17.9 Å². The molecule has 0 aliphatic rings. The summed E-state index contributed by atoms with van der Waals surface area (Å²) < 4.78 is 166. The minimum absolute atomic E-state index is 0.197. The first-order chi connectivity index (χ1) is 22.5. The van der Waals surface area contributed by atoms with Gasteiger partial charge in [-0.05, 0) is 0 Å². The lowest BCUT2D eigenvalue weighted by atomic mass is 10.2. The number of likely N-dealkylation sites (N-methyl/N-ethyl adjacent to an activating group) is 2.